The number of hydrogen-bond donors (Lipinski definition) is 2. The van der Waals surface area contributed by atoms with Gasteiger partial charge < -0.3 is 11.1 Å². The van der Waals surface area contributed by atoms with Crippen LogP contribution in [0.15, 0.2) is 18.2 Å². The van der Waals surface area contributed by atoms with Gasteiger partial charge in [-0.3, -0.25) is 0 Å². The summed E-state index contributed by atoms with van der Waals surface area (Å²) in [5, 5.41) is 3.46. The van der Waals surface area contributed by atoms with Gasteiger partial charge in [0, 0.05) is 13.1 Å². The average molecular weight is 220 g/mol. The van der Waals surface area contributed by atoms with Gasteiger partial charge in [0.25, 0.3) is 0 Å². The molecule has 0 aliphatic rings. The van der Waals surface area contributed by atoms with Gasteiger partial charge in [-0.15, -0.1) is 0 Å². The van der Waals surface area contributed by atoms with Gasteiger partial charge in [-0.1, -0.05) is 32.0 Å². The second-order valence-electron chi connectivity index (χ2n) is 5.39. The fraction of sp³-hybridized carbons (Fsp3) is 0.571. The van der Waals surface area contributed by atoms with Crippen LogP contribution in [0.4, 0.5) is 0 Å². The summed E-state index contributed by atoms with van der Waals surface area (Å²) in [6.07, 6.45) is 0. The van der Waals surface area contributed by atoms with Crippen molar-refractivity contribution in [2.45, 2.75) is 34.2 Å². The summed E-state index contributed by atoms with van der Waals surface area (Å²) in [4.78, 5) is 0. The molecule has 0 aromatic heterocycles. The number of hydrogen-bond acceptors (Lipinski definition) is 2. The third-order valence-corrected chi connectivity index (χ3v) is 3.06. The van der Waals surface area contributed by atoms with Crippen LogP contribution in [0, 0.1) is 19.3 Å². The summed E-state index contributed by atoms with van der Waals surface area (Å²) in [5.74, 6) is 0. The van der Waals surface area contributed by atoms with Crippen LogP contribution in [-0.4, -0.2) is 13.1 Å². The van der Waals surface area contributed by atoms with Crippen molar-refractivity contribution < 1.29 is 0 Å². The van der Waals surface area contributed by atoms with E-state index in [1.165, 1.54) is 16.7 Å². The molecular weight excluding hydrogens is 196 g/mol. The molecule has 0 aliphatic carbocycles. The predicted octanol–water partition coefficient (Wildman–Crippen LogP) is 2.38. The molecule has 1 aromatic carbocycles. The Morgan fingerprint density at radius 2 is 1.88 bits per heavy atom. The molecule has 0 atom stereocenters. The number of benzene rings is 1. The van der Waals surface area contributed by atoms with Crippen LogP contribution in [0.1, 0.15) is 30.5 Å². The third kappa shape index (κ3) is 3.95. The maximum atomic E-state index is 5.69. The molecule has 0 heterocycles. The average Bonchev–Trinajstić information content (AvgIpc) is 2.23. The molecule has 1 aromatic rings. The molecule has 0 aliphatic heterocycles. The summed E-state index contributed by atoms with van der Waals surface area (Å²) in [7, 11) is 0. The number of nitrogens with two attached hydrogens (primary N) is 1. The zero-order valence-corrected chi connectivity index (χ0v) is 10.9. The molecule has 0 saturated carbocycles. The standard InChI is InChI=1S/C14H24N2/c1-11-5-6-13(7-12(11)2)8-16-10-14(3,4)9-15/h5-7,16H,8-10,15H2,1-4H3. The van der Waals surface area contributed by atoms with E-state index in [2.05, 4.69) is 51.2 Å². The monoisotopic (exact) mass is 220 g/mol. The lowest BCUT2D eigenvalue weighted by atomic mass is 9.94. The molecule has 0 spiro atoms. The minimum Gasteiger partial charge on any atom is -0.330 e. The number of aryl methyl sites for hydroxylation is 2. The maximum Gasteiger partial charge on any atom is 0.0205 e. The Labute approximate surface area is 99.2 Å². The highest BCUT2D eigenvalue weighted by Gasteiger charge is 2.14. The molecule has 0 bridgehead atoms. The molecule has 0 saturated heterocycles. The van der Waals surface area contributed by atoms with E-state index in [1.807, 2.05) is 0 Å². The van der Waals surface area contributed by atoms with Gasteiger partial charge in [0.15, 0.2) is 0 Å². The van der Waals surface area contributed by atoms with Crippen LogP contribution in [0.2, 0.25) is 0 Å². The first-order valence-corrected chi connectivity index (χ1v) is 5.91. The van der Waals surface area contributed by atoms with Crippen molar-refractivity contribution in [1.29, 1.82) is 0 Å². The van der Waals surface area contributed by atoms with E-state index in [0.29, 0.717) is 6.54 Å². The van der Waals surface area contributed by atoms with Gasteiger partial charge in [0.05, 0.1) is 0 Å². The van der Waals surface area contributed by atoms with Gasteiger partial charge in [0.1, 0.15) is 0 Å². The molecule has 0 amide bonds. The Kier molecular flexibility index (Phi) is 4.51. The smallest absolute Gasteiger partial charge is 0.0205 e. The quantitative estimate of drug-likeness (QED) is 0.799. The van der Waals surface area contributed by atoms with Crippen LogP contribution in [0.3, 0.4) is 0 Å². The van der Waals surface area contributed by atoms with Crippen molar-refractivity contribution in [1.82, 2.24) is 5.32 Å². The fourth-order valence-corrected chi connectivity index (χ4v) is 1.53. The predicted molar refractivity (Wildman–Crippen MR) is 70.5 cm³/mol. The zero-order chi connectivity index (χ0) is 12.2. The SMILES string of the molecule is Cc1ccc(CNCC(C)(C)CN)cc1C. The first kappa shape index (κ1) is 13.2. The Morgan fingerprint density at radius 3 is 2.44 bits per heavy atom. The van der Waals surface area contributed by atoms with Gasteiger partial charge in [-0.2, -0.15) is 0 Å². The van der Waals surface area contributed by atoms with E-state index in [1.54, 1.807) is 0 Å². The Bertz CT molecular complexity index is 343. The largest absolute Gasteiger partial charge is 0.330 e. The Balaban J connectivity index is 2.46. The molecule has 16 heavy (non-hydrogen) atoms. The molecule has 0 radical (unpaired) electrons. The molecule has 2 nitrogen and oxygen atoms in total. The summed E-state index contributed by atoms with van der Waals surface area (Å²) in [6.45, 7) is 11.3. The molecule has 90 valence electrons. The maximum absolute atomic E-state index is 5.69. The van der Waals surface area contributed by atoms with E-state index in [-0.39, 0.29) is 5.41 Å². The minimum absolute atomic E-state index is 0.180. The van der Waals surface area contributed by atoms with Gasteiger partial charge in [0.2, 0.25) is 0 Å². The van der Waals surface area contributed by atoms with E-state index in [9.17, 15) is 0 Å². The van der Waals surface area contributed by atoms with E-state index in [4.69, 9.17) is 5.73 Å². The van der Waals surface area contributed by atoms with Gasteiger partial charge in [-0.05, 0) is 42.5 Å². The highest BCUT2D eigenvalue weighted by Crippen LogP contribution is 2.12. The zero-order valence-electron chi connectivity index (χ0n) is 10.9. The highest BCUT2D eigenvalue weighted by atomic mass is 14.9. The second kappa shape index (κ2) is 5.46. The minimum atomic E-state index is 0.180. The number of nitrogens with one attached hydrogen (secondary N) is 1. The van der Waals surface area contributed by atoms with E-state index in [0.717, 1.165) is 13.1 Å². The number of rotatable bonds is 5. The first-order valence-electron chi connectivity index (χ1n) is 5.91. The molecule has 0 unspecified atom stereocenters. The normalized spacial score (nSPS) is 11.8. The van der Waals surface area contributed by atoms with Crippen molar-refractivity contribution in [2.75, 3.05) is 13.1 Å². The molecule has 0 fully saturated rings. The van der Waals surface area contributed by atoms with Crippen molar-refractivity contribution in [2.24, 2.45) is 11.1 Å². The van der Waals surface area contributed by atoms with Crippen LogP contribution >= 0.6 is 0 Å². The summed E-state index contributed by atoms with van der Waals surface area (Å²) in [6, 6.07) is 6.61. The molecular formula is C14H24N2. The molecule has 1 rings (SSSR count). The van der Waals surface area contributed by atoms with Gasteiger partial charge in [-0.25, -0.2) is 0 Å². The van der Waals surface area contributed by atoms with Crippen molar-refractivity contribution in [3.05, 3.63) is 34.9 Å². The first-order chi connectivity index (χ1) is 7.44. The highest BCUT2D eigenvalue weighted by molar-refractivity contribution is 5.29. The van der Waals surface area contributed by atoms with Crippen molar-refractivity contribution in [3.63, 3.8) is 0 Å². The Morgan fingerprint density at radius 1 is 1.19 bits per heavy atom. The van der Waals surface area contributed by atoms with E-state index < -0.39 is 0 Å². The lowest BCUT2D eigenvalue weighted by Gasteiger charge is -2.22. The summed E-state index contributed by atoms with van der Waals surface area (Å²) < 4.78 is 0. The van der Waals surface area contributed by atoms with Crippen LogP contribution < -0.4 is 11.1 Å². The Hall–Kier alpha value is -0.860. The van der Waals surface area contributed by atoms with Crippen LogP contribution in [0.5, 0.6) is 0 Å². The van der Waals surface area contributed by atoms with Crippen LogP contribution in [0.25, 0.3) is 0 Å². The third-order valence-electron chi connectivity index (χ3n) is 3.06. The fourth-order valence-electron chi connectivity index (χ4n) is 1.53. The topological polar surface area (TPSA) is 38.0 Å². The van der Waals surface area contributed by atoms with Crippen molar-refractivity contribution in [3.8, 4) is 0 Å². The summed E-state index contributed by atoms with van der Waals surface area (Å²) >= 11 is 0. The summed E-state index contributed by atoms with van der Waals surface area (Å²) in [5.41, 5.74) is 9.92. The lowest BCUT2D eigenvalue weighted by Crippen LogP contribution is -2.35. The molecule has 3 N–H and O–H groups in total. The second-order valence-corrected chi connectivity index (χ2v) is 5.39. The molecule has 2 heteroatoms. The lowest BCUT2D eigenvalue weighted by molar-refractivity contribution is 0.351. The van der Waals surface area contributed by atoms with Gasteiger partial charge >= 0.3 is 0 Å². The van der Waals surface area contributed by atoms with Crippen LogP contribution in [-0.2, 0) is 6.54 Å². The van der Waals surface area contributed by atoms with Crippen molar-refractivity contribution >= 4 is 0 Å². The van der Waals surface area contributed by atoms with E-state index >= 15 is 0 Å².